The maximum Gasteiger partial charge on any atom is 0.254 e. The molecule has 29 heavy (non-hydrogen) atoms. The van der Waals surface area contributed by atoms with Crippen LogP contribution >= 0.6 is 0 Å². The molecule has 0 aromatic heterocycles. The summed E-state index contributed by atoms with van der Waals surface area (Å²) in [7, 11) is -7.06. The average Bonchev–Trinajstić information content (AvgIpc) is 2.69. The van der Waals surface area contributed by atoms with Crippen molar-refractivity contribution in [2.24, 2.45) is 0 Å². The number of amides is 1. The molecule has 2 aromatic rings. The SMILES string of the molecule is Cc1ccc(C(=O)N2CCN(S(=O)(=O)c3ccccc3)CC2)cc1NS(C)(=O)=O. The predicted octanol–water partition coefficient (Wildman–Crippen LogP) is 1.51. The molecule has 0 atom stereocenters. The van der Waals surface area contributed by atoms with Crippen LogP contribution in [-0.4, -0.2) is 64.4 Å². The third kappa shape index (κ3) is 4.95. The van der Waals surface area contributed by atoms with Crippen molar-refractivity contribution < 1.29 is 21.6 Å². The zero-order valence-corrected chi connectivity index (χ0v) is 17.8. The van der Waals surface area contributed by atoms with Crippen molar-refractivity contribution in [1.82, 2.24) is 9.21 Å². The molecule has 0 saturated carbocycles. The minimum atomic E-state index is -3.59. The number of carbonyl (C=O) groups is 1. The lowest BCUT2D eigenvalue weighted by atomic mass is 10.1. The second-order valence-electron chi connectivity index (χ2n) is 6.91. The Morgan fingerprint density at radius 3 is 2.14 bits per heavy atom. The number of rotatable bonds is 5. The summed E-state index contributed by atoms with van der Waals surface area (Å²) in [6.45, 7) is 2.66. The van der Waals surface area contributed by atoms with Crippen LogP contribution in [-0.2, 0) is 20.0 Å². The number of anilines is 1. The van der Waals surface area contributed by atoms with Crippen LogP contribution in [0.15, 0.2) is 53.4 Å². The lowest BCUT2D eigenvalue weighted by Crippen LogP contribution is -2.50. The number of benzene rings is 2. The van der Waals surface area contributed by atoms with Crippen LogP contribution in [0.25, 0.3) is 0 Å². The van der Waals surface area contributed by atoms with E-state index in [4.69, 9.17) is 0 Å². The Morgan fingerprint density at radius 1 is 0.931 bits per heavy atom. The van der Waals surface area contributed by atoms with Crippen LogP contribution in [0.2, 0.25) is 0 Å². The monoisotopic (exact) mass is 437 g/mol. The van der Waals surface area contributed by atoms with Gasteiger partial charge in [0.25, 0.3) is 5.91 Å². The molecule has 1 N–H and O–H groups in total. The molecule has 1 aliphatic heterocycles. The maximum atomic E-state index is 12.8. The Bertz CT molecular complexity index is 1110. The summed E-state index contributed by atoms with van der Waals surface area (Å²) in [6.07, 6.45) is 1.05. The van der Waals surface area contributed by atoms with Crippen molar-refractivity contribution in [3.8, 4) is 0 Å². The molecule has 1 fully saturated rings. The molecule has 3 rings (SSSR count). The van der Waals surface area contributed by atoms with Gasteiger partial charge in [0.05, 0.1) is 16.8 Å². The maximum absolute atomic E-state index is 12.8. The van der Waals surface area contributed by atoms with Gasteiger partial charge in [0.15, 0.2) is 0 Å². The third-order valence-electron chi connectivity index (χ3n) is 4.69. The molecule has 10 heteroatoms. The second kappa shape index (κ2) is 8.13. The Hall–Kier alpha value is -2.43. The summed E-state index contributed by atoms with van der Waals surface area (Å²) < 4.78 is 52.2. The van der Waals surface area contributed by atoms with Crippen molar-refractivity contribution in [3.63, 3.8) is 0 Å². The lowest BCUT2D eigenvalue weighted by molar-refractivity contribution is 0.0698. The summed E-state index contributed by atoms with van der Waals surface area (Å²) >= 11 is 0. The molecule has 0 radical (unpaired) electrons. The van der Waals surface area contributed by atoms with Crippen molar-refractivity contribution in [2.75, 3.05) is 37.2 Å². The standard InChI is InChI=1S/C19H23N3O5S2/c1-15-8-9-16(14-18(15)20-28(2,24)25)19(23)21-10-12-22(13-11-21)29(26,27)17-6-4-3-5-7-17/h3-9,14,20H,10-13H2,1-2H3. The van der Waals surface area contributed by atoms with Gasteiger partial charge in [0, 0.05) is 31.7 Å². The Morgan fingerprint density at radius 2 is 1.55 bits per heavy atom. The Labute approximate surface area is 171 Å². The molecule has 1 aliphatic rings. The number of hydrogen-bond donors (Lipinski definition) is 1. The zero-order valence-electron chi connectivity index (χ0n) is 16.2. The summed E-state index contributed by atoms with van der Waals surface area (Å²) in [5.41, 5.74) is 1.40. The summed E-state index contributed by atoms with van der Waals surface area (Å²) in [5.74, 6) is -0.265. The number of nitrogens with one attached hydrogen (secondary N) is 1. The Kier molecular flexibility index (Phi) is 5.97. The molecule has 2 aromatic carbocycles. The summed E-state index contributed by atoms with van der Waals surface area (Å²) in [6, 6.07) is 13.0. The highest BCUT2D eigenvalue weighted by Gasteiger charge is 2.30. The number of aryl methyl sites for hydroxylation is 1. The number of piperazine rings is 1. The van der Waals surface area contributed by atoms with Gasteiger partial charge in [-0.25, -0.2) is 16.8 Å². The van der Waals surface area contributed by atoms with E-state index < -0.39 is 20.0 Å². The van der Waals surface area contributed by atoms with Crippen LogP contribution in [0.4, 0.5) is 5.69 Å². The van der Waals surface area contributed by atoms with Crippen LogP contribution in [0, 0.1) is 6.92 Å². The largest absolute Gasteiger partial charge is 0.336 e. The zero-order chi connectivity index (χ0) is 21.2. The second-order valence-corrected chi connectivity index (χ2v) is 10.6. The van der Waals surface area contributed by atoms with Crippen molar-refractivity contribution >= 4 is 31.6 Å². The molecule has 0 aliphatic carbocycles. The minimum Gasteiger partial charge on any atom is -0.336 e. The first-order valence-electron chi connectivity index (χ1n) is 9.01. The highest BCUT2D eigenvalue weighted by Crippen LogP contribution is 2.21. The van der Waals surface area contributed by atoms with Gasteiger partial charge in [-0.2, -0.15) is 4.31 Å². The van der Waals surface area contributed by atoms with Crippen LogP contribution < -0.4 is 4.72 Å². The molecule has 1 saturated heterocycles. The smallest absolute Gasteiger partial charge is 0.254 e. The first kappa shape index (κ1) is 21.3. The fourth-order valence-corrected chi connectivity index (χ4v) is 5.18. The molecule has 0 bridgehead atoms. The van der Waals surface area contributed by atoms with E-state index >= 15 is 0 Å². The lowest BCUT2D eigenvalue weighted by Gasteiger charge is -2.34. The van der Waals surface area contributed by atoms with Crippen molar-refractivity contribution in [2.45, 2.75) is 11.8 Å². The Balaban J connectivity index is 1.71. The first-order chi connectivity index (χ1) is 13.6. The summed E-state index contributed by atoms with van der Waals surface area (Å²) in [5, 5.41) is 0. The predicted molar refractivity (Wildman–Crippen MR) is 111 cm³/mol. The highest BCUT2D eigenvalue weighted by molar-refractivity contribution is 7.92. The molecule has 8 nitrogen and oxygen atoms in total. The number of carbonyl (C=O) groups excluding carboxylic acids is 1. The topological polar surface area (TPSA) is 104 Å². The van der Waals surface area contributed by atoms with Gasteiger partial charge >= 0.3 is 0 Å². The van der Waals surface area contributed by atoms with E-state index in [0.717, 1.165) is 6.26 Å². The van der Waals surface area contributed by atoms with E-state index in [1.807, 2.05) is 0 Å². The average molecular weight is 438 g/mol. The fourth-order valence-electron chi connectivity index (χ4n) is 3.12. The highest BCUT2D eigenvalue weighted by atomic mass is 32.2. The van der Waals surface area contributed by atoms with Crippen molar-refractivity contribution in [3.05, 3.63) is 59.7 Å². The molecule has 156 valence electrons. The van der Waals surface area contributed by atoms with Crippen molar-refractivity contribution in [1.29, 1.82) is 0 Å². The van der Waals surface area contributed by atoms with Gasteiger partial charge in [-0.3, -0.25) is 9.52 Å². The van der Waals surface area contributed by atoms with E-state index in [1.165, 1.54) is 10.4 Å². The first-order valence-corrected chi connectivity index (χ1v) is 12.3. The molecular weight excluding hydrogens is 414 g/mol. The van der Waals surface area contributed by atoms with E-state index in [-0.39, 0.29) is 37.0 Å². The van der Waals surface area contributed by atoms with E-state index in [1.54, 1.807) is 54.3 Å². The normalized spacial score (nSPS) is 15.9. The van der Waals surface area contributed by atoms with E-state index in [0.29, 0.717) is 16.8 Å². The van der Waals surface area contributed by atoms with Crippen LogP contribution in [0.5, 0.6) is 0 Å². The van der Waals surface area contributed by atoms with Gasteiger partial charge in [-0.05, 0) is 36.8 Å². The van der Waals surface area contributed by atoms with Gasteiger partial charge < -0.3 is 4.90 Å². The number of nitrogens with zero attached hydrogens (tertiary/aromatic N) is 2. The molecule has 1 amide bonds. The number of sulfonamides is 2. The molecule has 1 heterocycles. The molecular formula is C19H23N3O5S2. The van der Waals surface area contributed by atoms with E-state index in [2.05, 4.69) is 4.72 Å². The van der Waals surface area contributed by atoms with E-state index in [9.17, 15) is 21.6 Å². The van der Waals surface area contributed by atoms with Gasteiger partial charge in [0.2, 0.25) is 20.0 Å². The van der Waals surface area contributed by atoms with Gasteiger partial charge in [-0.15, -0.1) is 0 Å². The van der Waals surface area contributed by atoms with Gasteiger partial charge in [-0.1, -0.05) is 24.3 Å². The fraction of sp³-hybridized carbons (Fsp3) is 0.316. The van der Waals surface area contributed by atoms with Crippen LogP contribution in [0.3, 0.4) is 0 Å². The quantitative estimate of drug-likeness (QED) is 0.764. The molecule has 0 unspecified atom stereocenters. The van der Waals surface area contributed by atoms with Crippen LogP contribution in [0.1, 0.15) is 15.9 Å². The summed E-state index contributed by atoms with van der Waals surface area (Å²) in [4.78, 5) is 14.6. The molecule has 0 spiro atoms. The minimum absolute atomic E-state index is 0.198. The third-order valence-corrected chi connectivity index (χ3v) is 7.19. The number of hydrogen-bond acceptors (Lipinski definition) is 5. The van der Waals surface area contributed by atoms with Gasteiger partial charge in [0.1, 0.15) is 0 Å².